The predicted molar refractivity (Wildman–Crippen MR) is 76.4 cm³/mol. The number of hydrogen-bond acceptors (Lipinski definition) is 1. The van der Waals surface area contributed by atoms with Gasteiger partial charge in [0.25, 0.3) is 0 Å². The fourth-order valence-corrected chi connectivity index (χ4v) is 1.78. The zero-order chi connectivity index (χ0) is 13.5. The van der Waals surface area contributed by atoms with E-state index in [1.54, 1.807) is 0 Å². The zero-order valence-corrected chi connectivity index (χ0v) is 10.6. The summed E-state index contributed by atoms with van der Waals surface area (Å²) < 4.78 is 0. The van der Waals surface area contributed by atoms with Gasteiger partial charge in [-0.2, -0.15) is 0 Å². The van der Waals surface area contributed by atoms with Gasteiger partial charge in [-0.3, -0.25) is 0 Å². The van der Waals surface area contributed by atoms with Crippen molar-refractivity contribution in [3.8, 4) is 11.8 Å². The summed E-state index contributed by atoms with van der Waals surface area (Å²) in [6.07, 6.45) is 0. The van der Waals surface area contributed by atoms with Crippen molar-refractivity contribution in [3.05, 3.63) is 81.7 Å². The van der Waals surface area contributed by atoms with E-state index in [1.165, 1.54) is 0 Å². The van der Waals surface area contributed by atoms with E-state index in [2.05, 4.69) is 21.9 Å². The maximum absolute atomic E-state index is 8.52. The maximum atomic E-state index is 8.52. The molecule has 0 aromatic heterocycles. The second kappa shape index (κ2) is 6.30. The Morgan fingerprint density at radius 3 is 2.42 bits per heavy atom. The Kier molecular flexibility index (Phi) is 4.23. The highest BCUT2D eigenvalue weighted by Gasteiger charge is 2.06. The fraction of sp³-hybridized carbons (Fsp3) is 0.125. The lowest BCUT2D eigenvalue weighted by molar-refractivity contribution is 0.805. The van der Waals surface area contributed by atoms with Gasteiger partial charge < -0.3 is 0 Å². The number of azide groups is 1. The third-order valence-electron chi connectivity index (χ3n) is 2.75. The van der Waals surface area contributed by atoms with Gasteiger partial charge in [0.15, 0.2) is 0 Å². The van der Waals surface area contributed by atoms with Gasteiger partial charge >= 0.3 is 0 Å². The first kappa shape index (κ1) is 12.8. The van der Waals surface area contributed by atoms with E-state index in [9.17, 15) is 0 Å². The molecule has 1 unspecified atom stereocenters. The molecule has 0 radical (unpaired) electrons. The molecule has 0 amide bonds. The molecule has 3 heteroatoms. The van der Waals surface area contributed by atoms with E-state index in [1.807, 2.05) is 61.5 Å². The molecular weight excluding hydrogens is 234 g/mol. The van der Waals surface area contributed by atoms with Crippen LogP contribution in [-0.2, 0) is 0 Å². The Hall–Kier alpha value is -2.69. The van der Waals surface area contributed by atoms with E-state index in [0.29, 0.717) is 0 Å². The van der Waals surface area contributed by atoms with Crippen LogP contribution in [0.15, 0.2) is 59.7 Å². The van der Waals surface area contributed by atoms with Crippen molar-refractivity contribution in [2.45, 2.75) is 13.0 Å². The molecule has 2 rings (SSSR count). The van der Waals surface area contributed by atoms with Gasteiger partial charge in [-0.25, -0.2) is 0 Å². The smallest absolute Gasteiger partial charge is 0.0609 e. The van der Waals surface area contributed by atoms with Gasteiger partial charge in [0.1, 0.15) is 0 Å². The maximum Gasteiger partial charge on any atom is 0.0609 e. The molecular formula is C16H13N3. The summed E-state index contributed by atoms with van der Waals surface area (Å²) in [5, 5.41) is 3.72. The summed E-state index contributed by atoms with van der Waals surface area (Å²) in [5.74, 6) is 6.25. The molecule has 0 spiro atoms. The Labute approximate surface area is 112 Å². The summed E-state index contributed by atoms with van der Waals surface area (Å²) in [5.41, 5.74) is 11.3. The standard InChI is InChI=1S/C16H13N3/c1-13(18-19-17)16-10-6-5-9-15(16)12-11-14-7-3-2-4-8-14/h2-10,13H,1H3. The molecule has 19 heavy (non-hydrogen) atoms. The number of rotatable bonds is 2. The molecule has 0 saturated heterocycles. The van der Waals surface area contributed by atoms with Crippen LogP contribution in [0.25, 0.3) is 10.4 Å². The molecule has 2 aromatic carbocycles. The highest BCUT2D eigenvalue weighted by Crippen LogP contribution is 2.20. The molecule has 0 aliphatic rings. The molecule has 3 nitrogen and oxygen atoms in total. The molecule has 0 fully saturated rings. The SMILES string of the molecule is CC(N=[N+]=[N-])c1ccccc1C#Cc1ccccc1. The highest BCUT2D eigenvalue weighted by molar-refractivity contribution is 5.47. The van der Waals surface area contributed by atoms with Crippen molar-refractivity contribution in [2.24, 2.45) is 5.11 Å². The van der Waals surface area contributed by atoms with Gasteiger partial charge in [-0.05, 0) is 29.3 Å². The Bertz CT molecular complexity index is 659. The topological polar surface area (TPSA) is 48.8 Å². The number of nitrogens with zero attached hydrogens (tertiary/aromatic N) is 3. The van der Waals surface area contributed by atoms with Crippen molar-refractivity contribution < 1.29 is 0 Å². The van der Waals surface area contributed by atoms with E-state index in [0.717, 1.165) is 16.7 Å². The summed E-state index contributed by atoms with van der Waals surface area (Å²) >= 11 is 0. The quantitative estimate of drug-likeness (QED) is 0.325. The minimum atomic E-state index is -0.216. The molecule has 1 atom stereocenters. The average Bonchev–Trinajstić information content (AvgIpc) is 2.47. The summed E-state index contributed by atoms with van der Waals surface area (Å²) in [6.45, 7) is 1.86. The molecule has 0 saturated carbocycles. The lowest BCUT2D eigenvalue weighted by Gasteiger charge is -2.07. The van der Waals surface area contributed by atoms with Gasteiger partial charge in [0.05, 0.1) is 6.04 Å². The predicted octanol–water partition coefficient (Wildman–Crippen LogP) is 4.46. The molecule has 0 aliphatic heterocycles. The van der Waals surface area contributed by atoms with Crippen molar-refractivity contribution in [3.63, 3.8) is 0 Å². The van der Waals surface area contributed by atoms with E-state index >= 15 is 0 Å². The zero-order valence-electron chi connectivity index (χ0n) is 10.6. The van der Waals surface area contributed by atoms with Gasteiger partial charge in [0.2, 0.25) is 0 Å². The Balaban J connectivity index is 2.36. The summed E-state index contributed by atoms with van der Waals surface area (Å²) in [6, 6.07) is 17.3. The van der Waals surface area contributed by atoms with Gasteiger partial charge in [0, 0.05) is 16.0 Å². The van der Waals surface area contributed by atoms with E-state index in [-0.39, 0.29) is 6.04 Å². The molecule has 0 heterocycles. The minimum Gasteiger partial charge on any atom is -0.0862 e. The first-order valence-electron chi connectivity index (χ1n) is 6.01. The van der Waals surface area contributed by atoms with Crippen LogP contribution >= 0.6 is 0 Å². The summed E-state index contributed by atoms with van der Waals surface area (Å²) in [4.78, 5) is 2.85. The lowest BCUT2D eigenvalue weighted by atomic mass is 10.0. The van der Waals surface area contributed by atoms with Gasteiger partial charge in [-0.15, -0.1) is 0 Å². The molecule has 0 bridgehead atoms. The minimum absolute atomic E-state index is 0.216. The van der Waals surface area contributed by atoms with Crippen LogP contribution in [0.4, 0.5) is 0 Å². The van der Waals surface area contributed by atoms with Crippen molar-refractivity contribution >= 4 is 0 Å². The van der Waals surface area contributed by atoms with Crippen LogP contribution in [0.1, 0.15) is 29.7 Å². The molecule has 0 aliphatic carbocycles. The normalized spacial score (nSPS) is 10.8. The Morgan fingerprint density at radius 1 is 1.00 bits per heavy atom. The molecule has 92 valence electrons. The average molecular weight is 247 g/mol. The summed E-state index contributed by atoms with van der Waals surface area (Å²) in [7, 11) is 0. The lowest BCUT2D eigenvalue weighted by Crippen LogP contribution is -1.92. The van der Waals surface area contributed by atoms with Crippen LogP contribution in [-0.4, -0.2) is 0 Å². The monoisotopic (exact) mass is 247 g/mol. The molecule has 2 aromatic rings. The van der Waals surface area contributed by atoms with Crippen molar-refractivity contribution in [2.75, 3.05) is 0 Å². The first-order valence-corrected chi connectivity index (χ1v) is 6.01. The van der Waals surface area contributed by atoms with E-state index < -0.39 is 0 Å². The van der Waals surface area contributed by atoms with E-state index in [4.69, 9.17) is 5.53 Å². The molecule has 0 N–H and O–H groups in total. The first-order chi connectivity index (χ1) is 9.31. The second-order valence-corrected chi connectivity index (χ2v) is 4.08. The third kappa shape index (κ3) is 3.38. The van der Waals surface area contributed by atoms with Crippen molar-refractivity contribution in [1.82, 2.24) is 0 Å². The largest absolute Gasteiger partial charge is 0.0862 e. The number of hydrogen-bond donors (Lipinski definition) is 0. The van der Waals surface area contributed by atoms with Crippen LogP contribution in [0.2, 0.25) is 0 Å². The van der Waals surface area contributed by atoms with Crippen LogP contribution in [0.3, 0.4) is 0 Å². The van der Waals surface area contributed by atoms with Crippen LogP contribution in [0.5, 0.6) is 0 Å². The third-order valence-corrected chi connectivity index (χ3v) is 2.75. The van der Waals surface area contributed by atoms with Crippen LogP contribution in [0, 0.1) is 11.8 Å². The highest BCUT2D eigenvalue weighted by atomic mass is 15.1. The van der Waals surface area contributed by atoms with Crippen molar-refractivity contribution in [1.29, 1.82) is 0 Å². The second-order valence-electron chi connectivity index (χ2n) is 4.08. The van der Waals surface area contributed by atoms with Gasteiger partial charge in [-0.1, -0.05) is 60.3 Å². The fourth-order valence-electron chi connectivity index (χ4n) is 1.78. The van der Waals surface area contributed by atoms with Crippen LogP contribution < -0.4 is 0 Å². The number of benzene rings is 2. The Morgan fingerprint density at radius 2 is 1.68 bits per heavy atom.